The van der Waals surface area contributed by atoms with Crippen LogP contribution in [0.2, 0.25) is 0 Å². The molecule has 6 heteroatoms. The Balaban J connectivity index is 1.93. The number of amides is 2. The maximum absolute atomic E-state index is 12.7. The summed E-state index contributed by atoms with van der Waals surface area (Å²) in [4.78, 5) is 26.4. The van der Waals surface area contributed by atoms with Gasteiger partial charge < -0.3 is 10.6 Å². The lowest BCUT2D eigenvalue weighted by atomic mass is 9.72. The quantitative estimate of drug-likeness (QED) is 0.671. The van der Waals surface area contributed by atoms with E-state index in [4.69, 9.17) is 0 Å². The molecule has 1 aromatic carbocycles. The van der Waals surface area contributed by atoms with Gasteiger partial charge in [0.15, 0.2) is 0 Å². The Morgan fingerprint density at radius 2 is 1.81 bits per heavy atom. The highest BCUT2D eigenvalue weighted by Crippen LogP contribution is 2.44. The molecule has 2 N–H and O–H groups in total. The molecule has 27 heavy (non-hydrogen) atoms. The molecule has 2 aromatic rings. The monoisotopic (exact) mass is 448 g/mol. The van der Waals surface area contributed by atoms with Crippen LogP contribution >= 0.6 is 27.3 Å². The molecule has 1 unspecified atom stereocenters. The van der Waals surface area contributed by atoms with E-state index in [-0.39, 0.29) is 17.2 Å². The number of hydrogen-bond donors (Lipinski definition) is 2. The van der Waals surface area contributed by atoms with E-state index >= 15 is 0 Å². The van der Waals surface area contributed by atoms with Crippen LogP contribution in [-0.2, 0) is 12.8 Å². The molecule has 0 radical (unpaired) electrons. The van der Waals surface area contributed by atoms with Crippen molar-refractivity contribution in [3.05, 3.63) is 50.3 Å². The summed E-state index contributed by atoms with van der Waals surface area (Å²) in [7, 11) is 1.63. The Kier molecular flexibility index (Phi) is 5.77. The van der Waals surface area contributed by atoms with Crippen LogP contribution < -0.4 is 10.6 Å². The summed E-state index contributed by atoms with van der Waals surface area (Å²) in [6.45, 7) is 6.81. The maximum atomic E-state index is 12.7. The standard InChI is InChI=1S/C21H25BrN2O2S/c1-21(2,3)13-7-10-15-16(11-13)27-20(17(15)19(26)23-4)24-18(25)12-5-8-14(22)9-6-12/h5-6,8-9,13H,7,10-11H2,1-4H3,(H,23,26)(H,24,25). The van der Waals surface area contributed by atoms with Gasteiger partial charge in [-0.1, -0.05) is 36.7 Å². The van der Waals surface area contributed by atoms with Crippen LogP contribution in [-0.4, -0.2) is 18.9 Å². The molecule has 0 aliphatic heterocycles. The van der Waals surface area contributed by atoms with Crippen LogP contribution in [0.15, 0.2) is 28.7 Å². The number of carbonyl (C=O) groups excluding carboxylic acids is 2. The first-order valence-corrected chi connectivity index (χ1v) is 10.7. The summed E-state index contributed by atoms with van der Waals surface area (Å²) in [6, 6.07) is 7.20. The Labute approximate surface area is 172 Å². The van der Waals surface area contributed by atoms with Gasteiger partial charge in [-0.15, -0.1) is 11.3 Å². The molecular weight excluding hydrogens is 424 g/mol. The minimum absolute atomic E-state index is 0.132. The first kappa shape index (κ1) is 20.1. The minimum Gasteiger partial charge on any atom is -0.355 e. The second-order valence-electron chi connectivity index (χ2n) is 8.05. The molecule has 1 aromatic heterocycles. The number of anilines is 1. The lowest BCUT2D eigenvalue weighted by Crippen LogP contribution is -2.27. The van der Waals surface area contributed by atoms with Crippen LogP contribution in [0.3, 0.4) is 0 Å². The third-order valence-electron chi connectivity index (χ3n) is 5.28. The van der Waals surface area contributed by atoms with Crippen molar-refractivity contribution in [2.24, 2.45) is 11.3 Å². The Morgan fingerprint density at radius 3 is 2.41 bits per heavy atom. The van der Waals surface area contributed by atoms with Crippen molar-refractivity contribution in [3.8, 4) is 0 Å². The van der Waals surface area contributed by atoms with Crippen LogP contribution in [0.4, 0.5) is 5.00 Å². The highest BCUT2D eigenvalue weighted by atomic mass is 79.9. The molecule has 144 valence electrons. The van der Waals surface area contributed by atoms with Crippen LogP contribution in [0.5, 0.6) is 0 Å². The molecule has 1 aliphatic carbocycles. The number of benzene rings is 1. The van der Waals surface area contributed by atoms with E-state index < -0.39 is 0 Å². The van der Waals surface area contributed by atoms with E-state index in [1.165, 1.54) is 4.88 Å². The predicted molar refractivity (Wildman–Crippen MR) is 115 cm³/mol. The van der Waals surface area contributed by atoms with Gasteiger partial charge in [-0.2, -0.15) is 0 Å². The molecule has 2 amide bonds. The van der Waals surface area contributed by atoms with E-state index in [9.17, 15) is 9.59 Å². The number of fused-ring (bicyclic) bond motifs is 1. The fraction of sp³-hybridized carbons (Fsp3) is 0.429. The molecule has 0 bridgehead atoms. The zero-order chi connectivity index (χ0) is 19.8. The van der Waals surface area contributed by atoms with Gasteiger partial charge in [0.2, 0.25) is 0 Å². The largest absolute Gasteiger partial charge is 0.355 e. The van der Waals surface area contributed by atoms with Gasteiger partial charge in [0, 0.05) is 22.0 Å². The van der Waals surface area contributed by atoms with Crippen molar-refractivity contribution < 1.29 is 9.59 Å². The number of thiophene rings is 1. The molecule has 0 spiro atoms. The molecule has 0 fully saturated rings. The Bertz CT molecular complexity index is 866. The predicted octanol–water partition coefficient (Wildman–Crippen LogP) is 5.27. The van der Waals surface area contributed by atoms with Crippen molar-refractivity contribution in [1.82, 2.24) is 5.32 Å². The summed E-state index contributed by atoms with van der Waals surface area (Å²) in [6.07, 6.45) is 2.91. The van der Waals surface area contributed by atoms with E-state index in [1.807, 2.05) is 12.1 Å². The number of halogens is 1. The summed E-state index contributed by atoms with van der Waals surface area (Å²) < 4.78 is 0.921. The number of rotatable bonds is 3. The van der Waals surface area contributed by atoms with E-state index in [0.29, 0.717) is 22.0 Å². The van der Waals surface area contributed by atoms with Crippen LogP contribution in [0, 0.1) is 11.3 Å². The summed E-state index contributed by atoms with van der Waals surface area (Å²) in [5.74, 6) is 0.252. The first-order chi connectivity index (χ1) is 12.7. The lowest BCUT2D eigenvalue weighted by molar-refractivity contribution is 0.0963. The lowest BCUT2D eigenvalue weighted by Gasteiger charge is -2.33. The maximum Gasteiger partial charge on any atom is 0.256 e. The van der Waals surface area contributed by atoms with E-state index in [2.05, 4.69) is 47.3 Å². The summed E-state index contributed by atoms with van der Waals surface area (Å²) in [5.41, 5.74) is 2.54. The molecule has 0 saturated heterocycles. The topological polar surface area (TPSA) is 58.2 Å². The second-order valence-corrected chi connectivity index (χ2v) is 10.1. The van der Waals surface area contributed by atoms with Crippen molar-refractivity contribution >= 4 is 44.1 Å². The van der Waals surface area contributed by atoms with Crippen molar-refractivity contribution in [2.75, 3.05) is 12.4 Å². The van der Waals surface area contributed by atoms with E-state index in [1.54, 1.807) is 30.5 Å². The van der Waals surface area contributed by atoms with E-state index in [0.717, 1.165) is 29.3 Å². The van der Waals surface area contributed by atoms with Gasteiger partial charge in [0.05, 0.1) is 5.56 Å². The highest BCUT2D eigenvalue weighted by molar-refractivity contribution is 9.10. The van der Waals surface area contributed by atoms with Crippen LogP contribution in [0.1, 0.15) is 58.3 Å². The first-order valence-electron chi connectivity index (χ1n) is 9.14. The van der Waals surface area contributed by atoms with Gasteiger partial charge in [0.25, 0.3) is 11.8 Å². The normalized spacial score (nSPS) is 16.6. The van der Waals surface area contributed by atoms with Crippen molar-refractivity contribution in [3.63, 3.8) is 0 Å². The van der Waals surface area contributed by atoms with Gasteiger partial charge >= 0.3 is 0 Å². The second kappa shape index (κ2) is 7.76. The fourth-order valence-corrected chi connectivity index (χ4v) is 5.14. The fourth-order valence-electron chi connectivity index (χ4n) is 3.55. The summed E-state index contributed by atoms with van der Waals surface area (Å²) in [5, 5.41) is 6.36. The molecule has 1 atom stereocenters. The highest BCUT2D eigenvalue weighted by Gasteiger charge is 2.33. The van der Waals surface area contributed by atoms with Gasteiger partial charge in [-0.3, -0.25) is 9.59 Å². The third-order valence-corrected chi connectivity index (χ3v) is 6.98. The number of carbonyl (C=O) groups is 2. The number of hydrogen-bond acceptors (Lipinski definition) is 3. The van der Waals surface area contributed by atoms with Crippen LogP contribution in [0.25, 0.3) is 0 Å². The zero-order valence-corrected chi connectivity index (χ0v) is 18.5. The Morgan fingerprint density at radius 1 is 1.15 bits per heavy atom. The van der Waals surface area contributed by atoms with Gasteiger partial charge in [-0.25, -0.2) is 0 Å². The smallest absolute Gasteiger partial charge is 0.256 e. The van der Waals surface area contributed by atoms with Crippen molar-refractivity contribution in [1.29, 1.82) is 0 Å². The Hall–Kier alpha value is -1.66. The molecule has 0 saturated carbocycles. The molecular formula is C21H25BrN2O2S. The summed E-state index contributed by atoms with van der Waals surface area (Å²) >= 11 is 4.93. The van der Waals surface area contributed by atoms with Crippen molar-refractivity contribution in [2.45, 2.75) is 40.0 Å². The van der Waals surface area contributed by atoms with Gasteiger partial charge in [0.1, 0.15) is 5.00 Å². The molecule has 1 aliphatic rings. The third kappa shape index (κ3) is 4.27. The SMILES string of the molecule is CNC(=O)c1c(NC(=O)c2ccc(Br)cc2)sc2c1CCC(C(C)(C)C)C2. The average Bonchev–Trinajstić information content (AvgIpc) is 2.97. The number of nitrogens with one attached hydrogen (secondary N) is 2. The van der Waals surface area contributed by atoms with Gasteiger partial charge in [-0.05, 0) is 60.4 Å². The zero-order valence-electron chi connectivity index (χ0n) is 16.1. The molecule has 1 heterocycles. The minimum atomic E-state index is -0.196. The average molecular weight is 449 g/mol. The molecule has 3 rings (SSSR count). The molecule has 4 nitrogen and oxygen atoms in total.